The summed E-state index contributed by atoms with van der Waals surface area (Å²) in [6.45, 7) is 4.80. The van der Waals surface area contributed by atoms with Gasteiger partial charge in [-0.3, -0.25) is 14.6 Å². The molecule has 1 rings (SSSR count). The van der Waals surface area contributed by atoms with Crippen LogP contribution in [0.15, 0.2) is 24.5 Å². The lowest BCUT2D eigenvalue weighted by Gasteiger charge is -2.08. The Morgan fingerprint density at radius 3 is 2.61 bits per heavy atom. The molecule has 0 spiro atoms. The zero-order valence-corrected chi connectivity index (χ0v) is 10.8. The maximum atomic E-state index is 11.6. The molecule has 2 N–H and O–H groups in total. The molecule has 2 amide bonds. The molecule has 5 nitrogen and oxygen atoms in total. The lowest BCUT2D eigenvalue weighted by Crippen LogP contribution is -2.31. The second-order valence-electron chi connectivity index (χ2n) is 4.30. The summed E-state index contributed by atoms with van der Waals surface area (Å²) in [4.78, 5) is 26.7. The van der Waals surface area contributed by atoms with Crippen LogP contribution in [-0.2, 0) is 4.79 Å². The van der Waals surface area contributed by atoms with E-state index >= 15 is 0 Å². The van der Waals surface area contributed by atoms with Crippen molar-refractivity contribution >= 4 is 11.8 Å². The van der Waals surface area contributed by atoms with E-state index in [9.17, 15) is 9.59 Å². The lowest BCUT2D eigenvalue weighted by atomic mass is 10.2. The van der Waals surface area contributed by atoms with E-state index in [2.05, 4.69) is 15.6 Å². The molecule has 0 aliphatic heterocycles. The molecule has 0 radical (unpaired) electrons. The van der Waals surface area contributed by atoms with Gasteiger partial charge >= 0.3 is 0 Å². The van der Waals surface area contributed by atoms with Crippen LogP contribution in [0.5, 0.6) is 0 Å². The Kier molecular flexibility index (Phi) is 5.84. The topological polar surface area (TPSA) is 71.1 Å². The van der Waals surface area contributed by atoms with Gasteiger partial charge in [0.1, 0.15) is 0 Å². The molecule has 0 unspecified atom stereocenters. The third-order valence-electron chi connectivity index (χ3n) is 2.39. The van der Waals surface area contributed by atoms with Crippen molar-refractivity contribution in [2.24, 2.45) is 5.92 Å². The van der Waals surface area contributed by atoms with Gasteiger partial charge in [0.2, 0.25) is 5.91 Å². The highest BCUT2D eigenvalue weighted by molar-refractivity contribution is 5.93. The number of carbonyl (C=O) groups is 2. The number of aromatic nitrogens is 1. The van der Waals surface area contributed by atoms with E-state index in [-0.39, 0.29) is 17.7 Å². The van der Waals surface area contributed by atoms with Crippen LogP contribution in [0.25, 0.3) is 0 Å². The fourth-order valence-corrected chi connectivity index (χ4v) is 1.31. The van der Waals surface area contributed by atoms with E-state index in [1.165, 1.54) is 6.20 Å². The van der Waals surface area contributed by atoms with Crippen molar-refractivity contribution < 1.29 is 9.59 Å². The molecule has 0 aliphatic rings. The molecule has 0 saturated carbocycles. The summed E-state index contributed by atoms with van der Waals surface area (Å²) in [6, 6.07) is 3.43. The summed E-state index contributed by atoms with van der Waals surface area (Å²) in [7, 11) is 0. The van der Waals surface area contributed by atoms with E-state index in [1.54, 1.807) is 18.3 Å². The first-order chi connectivity index (χ1) is 8.61. The Morgan fingerprint density at radius 1 is 1.28 bits per heavy atom. The van der Waals surface area contributed by atoms with E-state index in [4.69, 9.17) is 0 Å². The summed E-state index contributed by atoms with van der Waals surface area (Å²) >= 11 is 0. The number of amides is 2. The van der Waals surface area contributed by atoms with Gasteiger partial charge in [-0.15, -0.1) is 0 Å². The fraction of sp³-hybridized carbons (Fsp3) is 0.462. The van der Waals surface area contributed by atoms with Gasteiger partial charge in [-0.1, -0.05) is 13.8 Å². The number of nitrogens with one attached hydrogen (secondary N) is 2. The molecule has 1 aromatic rings. The van der Waals surface area contributed by atoms with E-state index < -0.39 is 0 Å². The molecule has 1 aromatic heterocycles. The number of hydrogen-bond acceptors (Lipinski definition) is 3. The van der Waals surface area contributed by atoms with Gasteiger partial charge in [0.25, 0.3) is 5.91 Å². The van der Waals surface area contributed by atoms with Crippen LogP contribution in [0, 0.1) is 5.92 Å². The van der Waals surface area contributed by atoms with Crippen LogP contribution >= 0.6 is 0 Å². The monoisotopic (exact) mass is 249 g/mol. The van der Waals surface area contributed by atoms with Gasteiger partial charge in [-0.2, -0.15) is 0 Å². The average molecular weight is 249 g/mol. The summed E-state index contributed by atoms with van der Waals surface area (Å²) in [5.41, 5.74) is 0.545. The summed E-state index contributed by atoms with van der Waals surface area (Å²) in [6.07, 6.45) is 3.86. The van der Waals surface area contributed by atoms with Crippen LogP contribution < -0.4 is 10.6 Å². The fourth-order valence-electron chi connectivity index (χ4n) is 1.31. The average Bonchev–Trinajstić information content (AvgIpc) is 2.38. The molecule has 0 saturated heterocycles. The molecule has 0 atom stereocenters. The van der Waals surface area contributed by atoms with Gasteiger partial charge in [-0.05, 0) is 18.6 Å². The third kappa shape index (κ3) is 4.95. The molecule has 0 aromatic carbocycles. The molecule has 98 valence electrons. The van der Waals surface area contributed by atoms with E-state index in [0.717, 1.165) is 0 Å². The van der Waals surface area contributed by atoms with Crippen molar-refractivity contribution in [2.45, 2.75) is 20.3 Å². The first-order valence-corrected chi connectivity index (χ1v) is 6.07. The third-order valence-corrected chi connectivity index (χ3v) is 2.39. The van der Waals surface area contributed by atoms with Crippen molar-refractivity contribution in [2.75, 3.05) is 13.1 Å². The maximum absolute atomic E-state index is 11.6. The summed E-state index contributed by atoms with van der Waals surface area (Å²) in [5, 5.41) is 5.56. The Morgan fingerprint density at radius 2 is 2.00 bits per heavy atom. The molecule has 1 heterocycles. The minimum Gasteiger partial charge on any atom is -0.356 e. The summed E-state index contributed by atoms with van der Waals surface area (Å²) in [5.74, 6) is -0.109. The number of carbonyl (C=O) groups excluding carboxylic acids is 2. The van der Waals surface area contributed by atoms with Crippen LogP contribution in [0.4, 0.5) is 0 Å². The first-order valence-electron chi connectivity index (χ1n) is 6.07. The SMILES string of the molecule is CC(C)C(=O)NCCCNC(=O)c1cccnc1. The number of nitrogens with zero attached hydrogens (tertiary/aromatic N) is 1. The van der Waals surface area contributed by atoms with E-state index in [1.807, 2.05) is 13.8 Å². The highest BCUT2D eigenvalue weighted by Crippen LogP contribution is 1.95. The predicted molar refractivity (Wildman–Crippen MR) is 69.0 cm³/mol. The number of pyridine rings is 1. The first kappa shape index (κ1) is 14.2. The Labute approximate surface area is 107 Å². The van der Waals surface area contributed by atoms with Gasteiger partial charge < -0.3 is 10.6 Å². The molecule has 18 heavy (non-hydrogen) atoms. The van der Waals surface area contributed by atoms with Crippen molar-refractivity contribution in [3.8, 4) is 0 Å². The smallest absolute Gasteiger partial charge is 0.252 e. The minimum absolute atomic E-state index is 0.00464. The summed E-state index contributed by atoms with van der Waals surface area (Å²) < 4.78 is 0. The quantitative estimate of drug-likeness (QED) is 0.738. The van der Waals surface area contributed by atoms with Crippen LogP contribution in [0.1, 0.15) is 30.6 Å². The highest BCUT2D eigenvalue weighted by Gasteiger charge is 2.06. The van der Waals surface area contributed by atoms with Crippen LogP contribution in [0.3, 0.4) is 0 Å². The van der Waals surface area contributed by atoms with Gasteiger partial charge in [-0.25, -0.2) is 0 Å². The van der Waals surface area contributed by atoms with Crippen molar-refractivity contribution in [3.63, 3.8) is 0 Å². The van der Waals surface area contributed by atoms with Crippen molar-refractivity contribution in [3.05, 3.63) is 30.1 Å². The zero-order chi connectivity index (χ0) is 13.4. The normalized spacial score (nSPS) is 10.2. The molecule has 0 fully saturated rings. The second kappa shape index (κ2) is 7.42. The lowest BCUT2D eigenvalue weighted by molar-refractivity contribution is -0.123. The van der Waals surface area contributed by atoms with E-state index in [0.29, 0.717) is 25.1 Å². The van der Waals surface area contributed by atoms with Gasteiger partial charge in [0, 0.05) is 31.4 Å². The van der Waals surface area contributed by atoms with Crippen LogP contribution in [-0.4, -0.2) is 29.9 Å². The van der Waals surface area contributed by atoms with Gasteiger partial charge in [0.15, 0.2) is 0 Å². The largest absolute Gasteiger partial charge is 0.356 e. The number of rotatable bonds is 6. The van der Waals surface area contributed by atoms with Crippen molar-refractivity contribution in [1.82, 2.24) is 15.6 Å². The standard InChI is InChI=1S/C13H19N3O2/c1-10(2)12(17)15-7-4-8-16-13(18)11-5-3-6-14-9-11/h3,5-6,9-10H,4,7-8H2,1-2H3,(H,15,17)(H,16,18). The Balaban J connectivity index is 2.15. The molecule has 5 heteroatoms. The minimum atomic E-state index is -0.140. The highest BCUT2D eigenvalue weighted by atomic mass is 16.2. The molecular formula is C13H19N3O2. The maximum Gasteiger partial charge on any atom is 0.252 e. The van der Waals surface area contributed by atoms with Gasteiger partial charge in [0.05, 0.1) is 5.56 Å². The number of hydrogen-bond donors (Lipinski definition) is 2. The zero-order valence-electron chi connectivity index (χ0n) is 10.8. The predicted octanol–water partition coefficient (Wildman–Crippen LogP) is 0.974. The molecule has 0 bridgehead atoms. The Hall–Kier alpha value is -1.91. The van der Waals surface area contributed by atoms with Crippen LogP contribution in [0.2, 0.25) is 0 Å². The Bertz CT molecular complexity index is 390. The second-order valence-corrected chi connectivity index (χ2v) is 4.30. The van der Waals surface area contributed by atoms with Crippen molar-refractivity contribution in [1.29, 1.82) is 0 Å². The molecular weight excluding hydrogens is 230 g/mol. The molecule has 0 aliphatic carbocycles.